The summed E-state index contributed by atoms with van der Waals surface area (Å²) in [6.07, 6.45) is 1.05. The van der Waals surface area contributed by atoms with Crippen molar-refractivity contribution >= 4 is 33.2 Å². The number of anilines is 1. The van der Waals surface area contributed by atoms with E-state index in [9.17, 15) is 18.5 Å². The van der Waals surface area contributed by atoms with Gasteiger partial charge in [0.25, 0.3) is 5.91 Å². The summed E-state index contributed by atoms with van der Waals surface area (Å²) < 4.78 is 25.3. The van der Waals surface area contributed by atoms with Crippen LogP contribution in [0.3, 0.4) is 0 Å². The van der Waals surface area contributed by atoms with E-state index < -0.39 is 15.9 Å². The van der Waals surface area contributed by atoms with Crippen LogP contribution in [0.15, 0.2) is 48.5 Å². The quantitative estimate of drug-likeness (QED) is 0.836. The molecule has 0 fully saturated rings. The number of carbonyl (C=O) groups is 1. The summed E-state index contributed by atoms with van der Waals surface area (Å²) in [5.41, 5.74) is 0.831. The molecule has 2 rings (SSSR count). The van der Waals surface area contributed by atoms with Crippen LogP contribution in [0.25, 0.3) is 0 Å². The Morgan fingerprint density at radius 2 is 1.84 bits per heavy atom. The third-order valence-electron chi connectivity index (χ3n) is 3.41. The molecule has 6 nitrogen and oxygen atoms in total. The van der Waals surface area contributed by atoms with Gasteiger partial charge >= 0.3 is 0 Å². The number of sulfonamides is 1. The monoisotopic (exact) mass is 377 g/mol. The molecule has 1 N–H and O–H groups in total. The van der Waals surface area contributed by atoms with E-state index in [2.05, 4.69) is 5.32 Å². The molecule has 0 saturated carbocycles. The van der Waals surface area contributed by atoms with Crippen molar-refractivity contribution in [2.75, 3.05) is 23.7 Å². The lowest BCUT2D eigenvalue weighted by atomic mass is 10.2. The highest BCUT2D eigenvalue weighted by molar-refractivity contribution is 7.92. The Hall–Kier alpha value is -2.56. The number of halogens is 1. The second kappa shape index (κ2) is 8.01. The largest absolute Gasteiger partial charge is 0.350 e. The van der Waals surface area contributed by atoms with Crippen molar-refractivity contribution in [3.63, 3.8) is 0 Å². The van der Waals surface area contributed by atoms with Gasteiger partial charge in [-0.2, -0.15) is 5.26 Å². The third kappa shape index (κ3) is 4.72. The van der Waals surface area contributed by atoms with Gasteiger partial charge in [-0.1, -0.05) is 35.9 Å². The van der Waals surface area contributed by atoms with Crippen molar-refractivity contribution in [1.82, 2.24) is 5.32 Å². The number of nitriles is 1. The van der Waals surface area contributed by atoms with Gasteiger partial charge in [-0.15, -0.1) is 0 Å². The first-order chi connectivity index (χ1) is 11.8. The first kappa shape index (κ1) is 18.8. The number of para-hydroxylation sites is 1. The molecular weight excluding hydrogens is 362 g/mol. The molecule has 0 bridgehead atoms. The first-order valence-electron chi connectivity index (χ1n) is 7.34. The van der Waals surface area contributed by atoms with E-state index in [1.54, 1.807) is 42.5 Å². The number of carbonyl (C=O) groups excluding carboxylic acids is 1. The zero-order chi connectivity index (χ0) is 18.4. The summed E-state index contributed by atoms with van der Waals surface area (Å²) in [4.78, 5) is 12.1. The molecule has 2 aromatic carbocycles. The maximum atomic E-state index is 12.1. The minimum absolute atomic E-state index is 0.00623. The predicted molar refractivity (Wildman–Crippen MR) is 97.1 cm³/mol. The van der Waals surface area contributed by atoms with Crippen LogP contribution >= 0.6 is 11.6 Å². The number of nitrogens with zero attached hydrogens (tertiary/aromatic N) is 2. The van der Waals surface area contributed by atoms with Crippen molar-refractivity contribution in [3.05, 3.63) is 64.7 Å². The fourth-order valence-electron chi connectivity index (χ4n) is 2.26. The van der Waals surface area contributed by atoms with Gasteiger partial charge in [-0.3, -0.25) is 9.10 Å². The second-order valence-corrected chi connectivity index (χ2v) is 7.51. The molecule has 25 heavy (non-hydrogen) atoms. The van der Waals surface area contributed by atoms with Crippen LogP contribution in [0.1, 0.15) is 15.9 Å². The molecule has 0 spiro atoms. The maximum Gasteiger partial charge on any atom is 0.252 e. The highest BCUT2D eigenvalue weighted by atomic mass is 35.5. The second-order valence-electron chi connectivity index (χ2n) is 5.20. The van der Waals surface area contributed by atoms with Crippen molar-refractivity contribution in [1.29, 1.82) is 5.26 Å². The summed E-state index contributed by atoms with van der Waals surface area (Å²) in [6, 6.07) is 14.9. The molecule has 130 valence electrons. The van der Waals surface area contributed by atoms with E-state index in [1.165, 1.54) is 6.07 Å². The smallest absolute Gasteiger partial charge is 0.252 e. The molecule has 0 aliphatic carbocycles. The average Bonchev–Trinajstić information content (AvgIpc) is 2.58. The normalized spacial score (nSPS) is 10.8. The van der Waals surface area contributed by atoms with Crippen LogP contribution in [0.5, 0.6) is 0 Å². The Morgan fingerprint density at radius 3 is 2.48 bits per heavy atom. The van der Waals surface area contributed by atoms with E-state index in [4.69, 9.17) is 11.6 Å². The van der Waals surface area contributed by atoms with Gasteiger partial charge in [0, 0.05) is 6.54 Å². The molecule has 0 heterocycles. The summed E-state index contributed by atoms with van der Waals surface area (Å²) in [5.74, 6) is -0.396. The fourth-order valence-corrected chi connectivity index (χ4v) is 3.42. The molecule has 0 aromatic heterocycles. The van der Waals surface area contributed by atoms with Crippen LogP contribution in [-0.2, 0) is 10.0 Å². The summed E-state index contributed by atoms with van der Waals surface area (Å²) in [7, 11) is -3.62. The highest BCUT2D eigenvalue weighted by Gasteiger charge is 2.20. The SMILES string of the molecule is CS(=O)(=O)N(CCNC(=O)c1ccccc1Cl)c1ccccc1C#N. The van der Waals surface area contributed by atoms with Gasteiger partial charge < -0.3 is 5.32 Å². The lowest BCUT2D eigenvalue weighted by molar-refractivity contribution is 0.0955. The lowest BCUT2D eigenvalue weighted by Crippen LogP contribution is -2.38. The Labute approximate surface area is 151 Å². The molecule has 0 aliphatic rings. The molecule has 8 heteroatoms. The van der Waals surface area contributed by atoms with E-state index in [0.29, 0.717) is 10.6 Å². The van der Waals surface area contributed by atoms with Crippen LogP contribution in [0.2, 0.25) is 5.02 Å². The standard InChI is InChI=1S/C17H16ClN3O3S/c1-25(23,24)21(16-9-5-2-6-13(16)12-19)11-10-20-17(22)14-7-3-4-8-15(14)18/h2-9H,10-11H2,1H3,(H,20,22). The number of nitrogens with one attached hydrogen (secondary N) is 1. The molecule has 0 radical (unpaired) electrons. The lowest BCUT2D eigenvalue weighted by Gasteiger charge is -2.23. The minimum atomic E-state index is -3.62. The van der Waals surface area contributed by atoms with Gasteiger partial charge in [-0.25, -0.2) is 8.42 Å². The van der Waals surface area contributed by atoms with Crippen LogP contribution in [0.4, 0.5) is 5.69 Å². The van der Waals surface area contributed by atoms with Crippen LogP contribution in [0, 0.1) is 11.3 Å². The van der Waals surface area contributed by atoms with Crippen LogP contribution in [-0.4, -0.2) is 33.7 Å². The van der Waals surface area contributed by atoms with E-state index in [0.717, 1.165) is 10.6 Å². The number of benzene rings is 2. The van der Waals surface area contributed by atoms with Crippen LogP contribution < -0.4 is 9.62 Å². The Balaban J connectivity index is 2.14. The third-order valence-corrected chi connectivity index (χ3v) is 4.92. The van der Waals surface area contributed by atoms with Gasteiger partial charge in [0.2, 0.25) is 10.0 Å². The fraction of sp³-hybridized carbons (Fsp3) is 0.176. The molecular formula is C17H16ClN3O3S. The molecule has 0 saturated heterocycles. The van der Waals surface area contributed by atoms with E-state index in [1.807, 2.05) is 6.07 Å². The average molecular weight is 378 g/mol. The minimum Gasteiger partial charge on any atom is -0.350 e. The van der Waals surface area contributed by atoms with Crippen molar-refractivity contribution in [2.24, 2.45) is 0 Å². The number of hydrogen-bond donors (Lipinski definition) is 1. The Kier molecular flexibility index (Phi) is 6.02. The maximum absolute atomic E-state index is 12.1. The van der Waals surface area contributed by atoms with Crippen molar-refractivity contribution in [3.8, 4) is 6.07 Å². The number of rotatable bonds is 6. The molecule has 2 aromatic rings. The molecule has 0 aliphatic heterocycles. The molecule has 1 amide bonds. The summed E-state index contributed by atoms with van der Waals surface area (Å²) in [6.45, 7) is 0.0601. The van der Waals surface area contributed by atoms with Gasteiger partial charge in [0.15, 0.2) is 0 Å². The molecule has 0 unspecified atom stereocenters. The Bertz CT molecular complexity index is 923. The molecule has 0 atom stereocenters. The first-order valence-corrected chi connectivity index (χ1v) is 9.57. The summed E-state index contributed by atoms with van der Waals surface area (Å²) >= 11 is 5.97. The van der Waals surface area contributed by atoms with Crippen molar-refractivity contribution < 1.29 is 13.2 Å². The Morgan fingerprint density at radius 1 is 1.20 bits per heavy atom. The van der Waals surface area contributed by atoms with E-state index in [-0.39, 0.29) is 24.3 Å². The van der Waals surface area contributed by atoms with E-state index >= 15 is 0 Å². The zero-order valence-corrected chi connectivity index (χ0v) is 15.0. The topological polar surface area (TPSA) is 90.3 Å². The zero-order valence-electron chi connectivity index (χ0n) is 13.4. The van der Waals surface area contributed by atoms with Gasteiger partial charge in [0.05, 0.1) is 34.6 Å². The highest BCUT2D eigenvalue weighted by Crippen LogP contribution is 2.21. The van der Waals surface area contributed by atoms with Crippen molar-refractivity contribution in [2.45, 2.75) is 0 Å². The summed E-state index contributed by atoms with van der Waals surface area (Å²) in [5, 5.41) is 12.1. The predicted octanol–water partition coefficient (Wildman–Crippen LogP) is 2.41. The number of hydrogen-bond acceptors (Lipinski definition) is 4. The van der Waals surface area contributed by atoms with Gasteiger partial charge in [-0.05, 0) is 24.3 Å². The number of amides is 1. The van der Waals surface area contributed by atoms with Gasteiger partial charge in [0.1, 0.15) is 6.07 Å².